The zero-order chi connectivity index (χ0) is 13.8. The van der Waals surface area contributed by atoms with Gasteiger partial charge in [-0.2, -0.15) is 5.26 Å². The number of hydrogen-bond acceptors (Lipinski definition) is 4. The van der Waals surface area contributed by atoms with Crippen LogP contribution in [0.4, 0.5) is 4.39 Å². The van der Waals surface area contributed by atoms with Crippen molar-refractivity contribution in [2.75, 3.05) is 7.11 Å². The van der Waals surface area contributed by atoms with E-state index in [1.165, 1.54) is 30.6 Å². The first-order valence-corrected chi connectivity index (χ1v) is 6.33. The van der Waals surface area contributed by atoms with Gasteiger partial charge < -0.3 is 10.5 Å². The van der Waals surface area contributed by atoms with Gasteiger partial charge in [0.1, 0.15) is 17.6 Å². The molecule has 96 valence electrons. The Morgan fingerprint density at radius 3 is 2.74 bits per heavy atom. The average molecular weight is 274 g/mol. The van der Waals surface area contributed by atoms with E-state index in [4.69, 9.17) is 10.5 Å². The van der Waals surface area contributed by atoms with Crippen molar-refractivity contribution in [3.8, 4) is 11.8 Å². The van der Waals surface area contributed by atoms with Crippen molar-refractivity contribution >= 4 is 22.6 Å². The lowest BCUT2D eigenvalue weighted by Crippen LogP contribution is -2.02. The monoisotopic (exact) mass is 274 g/mol. The topological polar surface area (TPSA) is 59.0 Å². The summed E-state index contributed by atoms with van der Waals surface area (Å²) in [6, 6.07) is 9.97. The standard InChI is InChI=1S/C14H11FN2OS/c1-18-9-4-5-10(12(15)7-9)14(17)11(8-16)13-3-2-6-19-13/h2-7H,17H2,1H3/b14-11+. The molecule has 0 aliphatic rings. The number of halogens is 1. The van der Waals surface area contributed by atoms with Gasteiger partial charge in [-0.1, -0.05) is 6.07 Å². The van der Waals surface area contributed by atoms with E-state index in [0.29, 0.717) is 5.75 Å². The molecule has 0 saturated carbocycles. The van der Waals surface area contributed by atoms with Gasteiger partial charge >= 0.3 is 0 Å². The number of methoxy groups -OCH3 is 1. The molecular formula is C14H11FN2OS. The second kappa shape index (κ2) is 5.55. The Kier molecular flexibility index (Phi) is 3.83. The summed E-state index contributed by atoms with van der Waals surface area (Å²) in [5.74, 6) is -0.107. The minimum absolute atomic E-state index is 0.130. The molecule has 0 aliphatic heterocycles. The molecule has 0 saturated heterocycles. The molecular weight excluding hydrogens is 263 g/mol. The molecule has 0 atom stereocenters. The van der Waals surface area contributed by atoms with Crippen LogP contribution in [-0.2, 0) is 0 Å². The number of ether oxygens (including phenoxy) is 1. The molecule has 0 amide bonds. The van der Waals surface area contributed by atoms with Crippen LogP contribution < -0.4 is 10.5 Å². The second-order valence-corrected chi connectivity index (χ2v) is 4.67. The first kappa shape index (κ1) is 13.1. The zero-order valence-electron chi connectivity index (χ0n) is 10.2. The van der Waals surface area contributed by atoms with Crippen LogP contribution in [-0.4, -0.2) is 7.11 Å². The van der Waals surface area contributed by atoms with Crippen LogP contribution in [0.2, 0.25) is 0 Å². The SMILES string of the molecule is COc1ccc(/C(N)=C(/C#N)c2cccs2)c(F)c1. The number of allylic oxidation sites excluding steroid dienone is 1. The number of thiophene rings is 1. The second-order valence-electron chi connectivity index (χ2n) is 3.72. The van der Waals surface area contributed by atoms with E-state index >= 15 is 0 Å². The van der Waals surface area contributed by atoms with Crippen LogP contribution in [0.5, 0.6) is 5.75 Å². The van der Waals surface area contributed by atoms with E-state index in [-0.39, 0.29) is 16.8 Å². The van der Waals surface area contributed by atoms with Crippen LogP contribution in [0.15, 0.2) is 35.7 Å². The minimum atomic E-state index is -0.513. The lowest BCUT2D eigenvalue weighted by molar-refractivity contribution is 0.411. The van der Waals surface area contributed by atoms with Crippen molar-refractivity contribution in [1.29, 1.82) is 5.26 Å². The van der Waals surface area contributed by atoms with Gasteiger partial charge in [0, 0.05) is 16.5 Å². The van der Waals surface area contributed by atoms with E-state index in [9.17, 15) is 9.65 Å². The summed E-state index contributed by atoms with van der Waals surface area (Å²) in [6.07, 6.45) is 0. The van der Waals surface area contributed by atoms with Crippen LogP contribution in [0.1, 0.15) is 10.4 Å². The first-order chi connectivity index (χ1) is 9.17. The molecule has 0 aliphatic carbocycles. The summed E-state index contributed by atoms with van der Waals surface area (Å²) < 4.78 is 18.9. The number of hydrogen-bond donors (Lipinski definition) is 1. The van der Waals surface area contributed by atoms with Gasteiger partial charge in [0.05, 0.1) is 18.4 Å². The predicted octanol–water partition coefficient (Wildman–Crippen LogP) is 3.25. The number of rotatable bonds is 3. The van der Waals surface area contributed by atoms with Crippen LogP contribution in [0.3, 0.4) is 0 Å². The van der Waals surface area contributed by atoms with E-state index < -0.39 is 5.82 Å². The summed E-state index contributed by atoms with van der Waals surface area (Å²) in [4.78, 5) is 0.718. The molecule has 19 heavy (non-hydrogen) atoms. The van der Waals surface area contributed by atoms with Gasteiger partial charge in [0.2, 0.25) is 0 Å². The largest absolute Gasteiger partial charge is 0.497 e. The Hall–Kier alpha value is -2.32. The highest BCUT2D eigenvalue weighted by Crippen LogP contribution is 2.28. The third-order valence-corrected chi connectivity index (χ3v) is 3.50. The first-order valence-electron chi connectivity index (χ1n) is 5.45. The molecule has 0 bridgehead atoms. The molecule has 2 N–H and O–H groups in total. The van der Waals surface area contributed by atoms with Crippen molar-refractivity contribution in [2.24, 2.45) is 5.73 Å². The minimum Gasteiger partial charge on any atom is -0.497 e. The van der Waals surface area contributed by atoms with Crippen molar-refractivity contribution in [2.45, 2.75) is 0 Å². The van der Waals surface area contributed by atoms with Crippen molar-refractivity contribution in [1.82, 2.24) is 0 Å². The quantitative estimate of drug-likeness (QED) is 0.874. The molecule has 1 aromatic carbocycles. The number of benzene rings is 1. The van der Waals surface area contributed by atoms with E-state index in [2.05, 4.69) is 0 Å². The Morgan fingerprint density at radius 1 is 1.42 bits per heavy atom. The van der Waals surface area contributed by atoms with E-state index in [1.807, 2.05) is 17.5 Å². The fraction of sp³-hybridized carbons (Fsp3) is 0.0714. The summed E-state index contributed by atoms with van der Waals surface area (Å²) >= 11 is 1.38. The van der Waals surface area contributed by atoms with Crippen molar-refractivity contribution in [3.63, 3.8) is 0 Å². The van der Waals surface area contributed by atoms with Gasteiger partial charge in [0.25, 0.3) is 0 Å². The highest BCUT2D eigenvalue weighted by Gasteiger charge is 2.13. The highest BCUT2D eigenvalue weighted by atomic mass is 32.1. The maximum Gasteiger partial charge on any atom is 0.136 e. The number of nitrogens with two attached hydrogens (primary N) is 1. The van der Waals surface area contributed by atoms with Gasteiger partial charge in [0.15, 0.2) is 0 Å². The Bertz CT molecular complexity index is 657. The Balaban J connectivity index is 2.54. The third-order valence-electron chi connectivity index (χ3n) is 2.62. The van der Waals surface area contributed by atoms with Gasteiger partial charge in [-0.05, 0) is 23.6 Å². The molecule has 2 aromatic rings. The Labute approximate surface area is 114 Å². The summed E-state index contributed by atoms with van der Waals surface area (Å²) in [7, 11) is 1.46. The Morgan fingerprint density at radius 2 is 2.21 bits per heavy atom. The summed E-state index contributed by atoms with van der Waals surface area (Å²) in [6.45, 7) is 0. The van der Waals surface area contributed by atoms with E-state index in [0.717, 1.165) is 4.88 Å². The van der Waals surface area contributed by atoms with Crippen molar-refractivity contribution < 1.29 is 9.13 Å². The third kappa shape index (κ3) is 2.59. The van der Waals surface area contributed by atoms with Gasteiger partial charge in [-0.25, -0.2) is 4.39 Å². The fourth-order valence-corrected chi connectivity index (χ4v) is 2.38. The maximum absolute atomic E-state index is 13.9. The molecule has 1 heterocycles. The zero-order valence-corrected chi connectivity index (χ0v) is 11.0. The van der Waals surface area contributed by atoms with Crippen molar-refractivity contribution in [3.05, 3.63) is 52.0 Å². The molecule has 0 fully saturated rings. The van der Waals surface area contributed by atoms with Gasteiger partial charge in [-0.3, -0.25) is 0 Å². The van der Waals surface area contributed by atoms with Crippen LogP contribution in [0.25, 0.3) is 11.3 Å². The molecule has 2 rings (SSSR count). The predicted molar refractivity (Wildman–Crippen MR) is 73.9 cm³/mol. The van der Waals surface area contributed by atoms with Gasteiger partial charge in [-0.15, -0.1) is 11.3 Å². The number of nitriles is 1. The van der Waals surface area contributed by atoms with E-state index in [1.54, 1.807) is 12.1 Å². The average Bonchev–Trinajstić information content (AvgIpc) is 2.93. The molecule has 1 aromatic heterocycles. The maximum atomic E-state index is 13.9. The number of nitrogens with zero attached hydrogens (tertiary/aromatic N) is 1. The molecule has 0 spiro atoms. The normalized spacial score (nSPS) is 11.6. The van der Waals surface area contributed by atoms with Crippen LogP contribution >= 0.6 is 11.3 Å². The highest BCUT2D eigenvalue weighted by molar-refractivity contribution is 7.11. The lowest BCUT2D eigenvalue weighted by atomic mass is 10.1. The molecule has 0 unspecified atom stereocenters. The lowest BCUT2D eigenvalue weighted by Gasteiger charge is -2.07. The molecule has 3 nitrogen and oxygen atoms in total. The summed E-state index contributed by atoms with van der Waals surface area (Å²) in [5, 5.41) is 11.0. The summed E-state index contributed by atoms with van der Waals surface area (Å²) in [5.41, 5.74) is 6.52. The molecule has 5 heteroatoms. The molecule has 0 radical (unpaired) electrons. The smallest absolute Gasteiger partial charge is 0.136 e. The van der Waals surface area contributed by atoms with Crippen LogP contribution in [0, 0.1) is 17.1 Å². The fourth-order valence-electron chi connectivity index (χ4n) is 1.64.